The van der Waals surface area contributed by atoms with Crippen LogP contribution in [0.3, 0.4) is 0 Å². The molecule has 0 saturated carbocycles. The summed E-state index contributed by atoms with van der Waals surface area (Å²) in [6, 6.07) is 10.9. The van der Waals surface area contributed by atoms with Gasteiger partial charge in [-0.05, 0) is 49.2 Å². The van der Waals surface area contributed by atoms with Crippen molar-refractivity contribution in [2.24, 2.45) is 0 Å². The van der Waals surface area contributed by atoms with Crippen molar-refractivity contribution in [3.05, 3.63) is 53.1 Å². The van der Waals surface area contributed by atoms with Crippen LogP contribution in [0.25, 0.3) is 0 Å². The zero-order valence-corrected chi connectivity index (χ0v) is 16.7. The Labute approximate surface area is 165 Å². The number of nitrogens with zero attached hydrogens (tertiary/aromatic N) is 2. The summed E-state index contributed by atoms with van der Waals surface area (Å²) in [5.41, 5.74) is 4.46. The third kappa shape index (κ3) is 4.11. The molecule has 0 atom stereocenters. The Morgan fingerprint density at radius 2 is 1.79 bits per heavy atom. The summed E-state index contributed by atoms with van der Waals surface area (Å²) in [7, 11) is 0. The molecule has 1 saturated heterocycles. The van der Waals surface area contributed by atoms with Crippen molar-refractivity contribution >= 4 is 23.2 Å². The number of phenolic OH excluding ortho intramolecular Hbond substituents is 1. The summed E-state index contributed by atoms with van der Waals surface area (Å²) in [5, 5.41) is 12.9. The average molecular weight is 381 g/mol. The first kappa shape index (κ1) is 19.7. The van der Waals surface area contributed by atoms with Crippen LogP contribution >= 0.6 is 0 Å². The van der Waals surface area contributed by atoms with Crippen LogP contribution in [0.15, 0.2) is 36.4 Å². The van der Waals surface area contributed by atoms with E-state index in [4.69, 9.17) is 0 Å². The van der Waals surface area contributed by atoms with E-state index in [1.54, 1.807) is 24.0 Å². The Balaban J connectivity index is 1.71. The lowest BCUT2D eigenvalue weighted by Crippen LogP contribution is -2.49. The molecule has 1 aliphatic rings. The van der Waals surface area contributed by atoms with Crippen LogP contribution in [0.4, 0.5) is 11.4 Å². The highest BCUT2D eigenvalue weighted by molar-refractivity contribution is 5.99. The van der Waals surface area contributed by atoms with Gasteiger partial charge >= 0.3 is 0 Å². The largest absolute Gasteiger partial charge is 0.507 e. The van der Waals surface area contributed by atoms with E-state index in [2.05, 4.69) is 42.3 Å². The number of benzene rings is 2. The number of nitrogens with one attached hydrogen (secondary N) is 1. The van der Waals surface area contributed by atoms with Gasteiger partial charge in [0.25, 0.3) is 5.91 Å². The van der Waals surface area contributed by atoms with E-state index in [1.165, 1.54) is 22.9 Å². The Morgan fingerprint density at radius 1 is 1.07 bits per heavy atom. The molecule has 0 radical (unpaired) electrons. The third-order valence-corrected chi connectivity index (χ3v) is 5.32. The number of hydrogen-bond acceptors (Lipinski definition) is 4. The standard InChI is InChI=1S/C22H27N3O3/c1-4-21(27)23-17-8-9-20(26)18(14-17)22(28)25-12-10-24(11-13-25)19-7-5-6-15(2)16(19)3/h5-9,14,26H,4,10-13H2,1-3H3,(H,23,27). The monoisotopic (exact) mass is 381 g/mol. The van der Waals surface area contributed by atoms with E-state index >= 15 is 0 Å². The number of anilines is 2. The third-order valence-electron chi connectivity index (χ3n) is 5.32. The van der Waals surface area contributed by atoms with Gasteiger partial charge in [0, 0.05) is 44.0 Å². The molecule has 0 bridgehead atoms. The minimum Gasteiger partial charge on any atom is -0.507 e. The van der Waals surface area contributed by atoms with Gasteiger partial charge < -0.3 is 20.2 Å². The topological polar surface area (TPSA) is 72.9 Å². The van der Waals surface area contributed by atoms with Crippen molar-refractivity contribution in [3.63, 3.8) is 0 Å². The average Bonchev–Trinajstić information content (AvgIpc) is 2.71. The molecule has 0 unspecified atom stereocenters. The minimum atomic E-state index is -0.217. The van der Waals surface area contributed by atoms with Crippen LogP contribution in [0.1, 0.15) is 34.8 Å². The molecule has 6 heteroatoms. The first-order valence-electron chi connectivity index (χ1n) is 9.64. The smallest absolute Gasteiger partial charge is 0.257 e. The van der Waals surface area contributed by atoms with Crippen molar-refractivity contribution < 1.29 is 14.7 Å². The number of carbonyl (C=O) groups is 2. The molecule has 1 heterocycles. The maximum Gasteiger partial charge on any atom is 0.257 e. The van der Waals surface area contributed by atoms with Crippen LogP contribution in [0, 0.1) is 13.8 Å². The van der Waals surface area contributed by atoms with E-state index in [0.29, 0.717) is 25.2 Å². The molecule has 2 N–H and O–H groups in total. The maximum absolute atomic E-state index is 12.9. The molecule has 2 aromatic carbocycles. The summed E-state index contributed by atoms with van der Waals surface area (Å²) in [5.74, 6) is -0.423. The van der Waals surface area contributed by atoms with Gasteiger partial charge in [-0.15, -0.1) is 0 Å². The molecule has 0 spiro atoms. The molecular weight excluding hydrogens is 354 g/mol. The molecule has 2 aromatic rings. The lowest BCUT2D eigenvalue weighted by molar-refractivity contribution is -0.115. The minimum absolute atomic E-state index is 0.0727. The fraction of sp³-hybridized carbons (Fsp3) is 0.364. The Kier molecular flexibility index (Phi) is 5.87. The number of piperazine rings is 1. The molecule has 6 nitrogen and oxygen atoms in total. The Hall–Kier alpha value is -3.02. The normalized spacial score (nSPS) is 14.1. The summed E-state index contributed by atoms with van der Waals surface area (Å²) in [6.45, 7) is 8.62. The van der Waals surface area contributed by atoms with E-state index in [1.807, 2.05) is 0 Å². The summed E-state index contributed by atoms with van der Waals surface area (Å²) in [6.07, 6.45) is 0.352. The van der Waals surface area contributed by atoms with Gasteiger partial charge in [-0.2, -0.15) is 0 Å². The first-order chi connectivity index (χ1) is 13.4. The predicted molar refractivity (Wildman–Crippen MR) is 111 cm³/mol. The molecule has 3 rings (SSSR count). The van der Waals surface area contributed by atoms with Crippen LogP contribution in [0.2, 0.25) is 0 Å². The summed E-state index contributed by atoms with van der Waals surface area (Å²) in [4.78, 5) is 28.6. The number of rotatable bonds is 4. The number of hydrogen-bond donors (Lipinski definition) is 2. The fourth-order valence-electron chi connectivity index (χ4n) is 3.43. The molecule has 148 valence electrons. The van der Waals surface area contributed by atoms with Gasteiger partial charge in [0.1, 0.15) is 5.75 Å². The number of phenols is 1. The number of carbonyl (C=O) groups excluding carboxylic acids is 2. The fourth-order valence-corrected chi connectivity index (χ4v) is 3.43. The zero-order chi connectivity index (χ0) is 20.3. The van der Waals surface area contributed by atoms with Crippen LogP contribution in [-0.2, 0) is 4.79 Å². The van der Waals surface area contributed by atoms with Gasteiger partial charge in [0.05, 0.1) is 5.56 Å². The van der Waals surface area contributed by atoms with E-state index < -0.39 is 0 Å². The molecule has 0 aliphatic carbocycles. The molecule has 28 heavy (non-hydrogen) atoms. The lowest BCUT2D eigenvalue weighted by atomic mass is 10.1. The number of aryl methyl sites for hydroxylation is 1. The van der Waals surface area contributed by atoms with Crippen LogP contribution in [0.5, 0.6) is 5.75 Å². The molecule has 1 fully saturated rings. The summed E-state index contributed by atoms with van der Waals surface area (Å²) < 4.78 is 0. The van der Waals surface area contributed by atoms with Gasteiger partial charge in [-0.3, -0.25) is 9.59 Å². The Morgan fingerprint density at radius 3 is 2.46 bits per heavy atom. The first-order valence-corrected chi connectivity index (χ1v) is 9.64. The van der Waals surface area contributed by atoms with Gasteiger partial charge in [-0.1, -0.05) is 19.1 Å². The highest BCUT2D eigenvalue weighted by Crippen LogP contribution is 2.26. The zero-order valence-electron chi connectivity index (χ0n) is 16.7. The van der Waals surface area contributed by atoms with Gasteiger partial charge in [0.15, 0.2) is 0 Å². The van der Waals surface area contributed by atoms with Crippen molar-refractivity contribution in [2.45, 2.75) is 27.2 Å². The second-order valence-electron chi connectivity index (χ2n) is 7.13. The second kappa shape index (κ2) is 8.33. The van der Waals surface area contributed by atoms with Gasteiger partial charge in [0.2, 0.25) is 5.91 Å². The highest BCUT2D eigenvalue weighted by atomic mass is 16.3. The SMILES string of the molecule is CCC(=O)Nc1ccc(O)c(C(=O)N2CCN(c3cccc(C)c3C)CC2)c1. The van der Waals surface area contributed by atoms with Crippen molar-refractivity contribution in [1.29, 1.82) is 0 Å². The van der Waals surface area contributed by atoms with Crippen molar-refractivity contribution in [2.75, 3.05) is 36.4 Å². The van der Waals surface area contributed by atoms with Crippen molar-refractivity contribution in [1.82, 2.24) is 4.90 Å². The number of aromatic hydroxyl groups is 1. The molecule has 0 aromatic heterocycles. The van der Waals surface area contributed by atoms with Crippen LogP contribution < -0.4 is 10.2 Å². The van der Waals surface area contributed by atoms with Crippen LogP contribution in [-0.4, -0.2) is 48.0 Å². The molecule has 2 amide bonds. The quantitative estimate of drug-likeness (QED) is 0.797. The van der Waals surface area contributed by atoms with Crippen molar-refractivity contribution in [3.8, 4) is 5.75 Å². The van der Waals surface area contributed by atoms with E-state index in [0.717, 1.165) is 13.1 Å². The highest BCUT2D eigenvalue weighted by Gasteiger charge is 2.25. The van der Waals surface area contributed by atoms with Gasteiger partial charge in [-0.25, -0.2) is 0 Å². The van der Waals surface area contributed by atoms with E-state index in [9.17, 15) is 14.7 Å². The lowest BCUT2D eigenvalue weighted by Gasteiger charge is -2.37. The predicted octanol–water partition coefficient (Wildman–Crippen LogP) is 3.32. The maximum atomic E-state index is 12.9. The second-order valence-corrected chi connectivity index (χ2v) is 7.13. The van der Waals surface area contributed by atoms with E-state index in [-0.39, 0.29) is 23.1 Å². The summed E-state index contributed by atoms with van der Waals surface area (Å²) >= 11 is 0. The number of amides is 2. The Bertz CT molecular complexity index is 887. The molecule has 1 aliphatic heterocycles. The molecular formula is C22H27N3O3.